The van der Waals surface area contributed by atoms with Crippen LogP contribution in [0.25, 0.3) is 10.2 Å². The molecule has 208 valence electrons. The van der Waals surface area contributed by atoms with Crippen molar-refractivity contribution < 1.29 is 39.7 Å². The van der Waals surface area contributed by atoms with E-state index in [4.69, 9.17) is 4.74 Å². The Labute approximate surface area is 223 Å². The molecule has 1 aromatic heterocycles. The molecule has 0 saturated heterocycles. The Morgan fingerprint density at radius 2 is 1.74 bits per heavy atom. The minimum atomic E-state index is -5.72. The van der Waals surface area contributed by atoms with Crippen molar-refractivity contribution in [2.75, 3.05) is 25.1 Å². The number of nitrogens with zero attached hydrogens (tertiary/aromatic N) is 4. The summed E-state index contributed by atoms with van der Waals surface area (Å²) in [6.07, 6.45) is -4.17. The highest BCUT2D eigenvalue weighted by Gasteiger charge is 2.58. The van der Waals surface area contributed by atoms with Gasteiger partial charge in [-0.2, -0.15) is 30.4 Å². The zero-order valence-electron chi connectivity index (χ0n) is 20.3. The van der Waals surface area contributed by atoms with E-state index in [-0.39, 0.29) is 25.9 Å². The van der Waals surface area contributed by atoms with Gasteiger partial charge in [0.05, 0.1) is 23.0 Å². The van der Waals surface area contributed by atoms with Crippen molar-refractivity contribution in [3.05, 3.63) is 30.3 Å². The Balaban J connectivity index is 2.00. The summed E-state index contributed by atoms with van der Waals surface area (Å²) in [6, 6.07) is 6.01. The van der Waals surface area contributed by atoms with Crippen LogP contribution in [0.3, 0.4) is 0 Å². The molecule has 0 aliphatic carbocycles. The van der Waals surface area contributed by atoms with Crippen LogP contribution >= 0.6 is 23.1 Å². The number of aromatic nitrogens is 1. The molecule has 2 aromatic carbocycles. The van der Waals surface area contributed by atoms with Crippen molar-refractivity contribution in [2.24, 2.45) is 10.2 Å². The minimum Gasteiger partial charge on any atom is -0.495 e. The third-order valence-corrected chi connectivity index (χ3v) is 7.80. The van der Waals surface area contributed by atoms with Crippen molar-refractivity contribution in [3.8, 4) is 5.75 Å². The summed E-state index contributed by atoms with van der Waals surface area (Å²) in [4.78, 5) is 5.21. The molecule has 3 aromatic rings. The molecule has 0 bridgehead atoms. The molecule has 0 unspecified atom stereocenters. The molecule has 0 fully saturated rings. The number of benzene rings is 2. The van der Waals surface area contributed by atoms with Gasteiger partial charge in [-0.1, -0.05) is 25.2 Å². The molecule has 0 amide bonds. The lowest BCUT2D eigenvalue weighted by atomic mass is 10.2. The van der Waals surface area contributed by atoms with Crippen LogP contribution in [0.4, 0.5) is 38.5 Å². The summed E-state index contributed by atoms with van der Waals surface area (Å²) in [6.45, 7) is 5.14. The number of halogens is 5. The van der Waals surface area contributed by atoms with Crippen LogP contribution in [-0.4, -0.2) is 49.6 Å². The van der Waals surface area contributed by atoms with Crippen LogP contribution in [0.15, 0.2) is 50.4 Å². The normalized spacial score (nSPS) is 13.0. The molecule has 0 atom stereocenters. The van der Waals surface area contributed by atoms with Crippen molar-refractivity contribution in [1.29, 1.82) is 0 Å². The molecule has 0 aliphatic heterocycles. The van der Waals surface area contributed by atoms with E-state index in [1.165, 1.54) is 25.3 Å². The van der Waals surface area contributed by atoms with Crippen LogP contribution in [0.2, 0.25) is 0 Å². The van der Waals surface area contributed by atoms with Crippen molar-refractivity contribution in [2.45, 2.75) is 47.9 Å². The number of hydrogen-bond acceptors (Lipinski definition) is 9. The van der Waals surface area contributed by atoms with Gasteiger partial charge in [0.25, 0.3) is 10.1 Å². The molecule has 38 heavy (non-hydrogen) atoms. The second-order valence-corrected chi connectivity index (χ2v) is 11.5. The first-order valence-corrected chi connectivity index (χ1v) is 14.2. The molecule has 0 spiro atoms. The van der Waals surface area contributed by atoms with Crippen LogP contribution in [0.5, 0.6) is 5.75 Å². The number of methoxy groups -OCH3 is 1. The average molecular weight is 599 g/mol. The molecule has 0 aliphatic rings. The molecule has 0 saturated carbocycles. The van der Waals surface area contributed by atoms with Gasteiger partial charge in [-0.15, -0.1) is 10.2 Å². The first kappa shape index (κ1) is 30.0. The second kappa shape index (κ2) is 11.7. The predicted molar refractivity (Wildman–Crippen MR) is 136 cm³/mol. The fourth-order valence-corrected chi connectivity index (χ4v) is 5.68. The van der Waals surface area contributed by atoms with Gasteiger partial charge in [-0.05, 0) is 48.9 Å². The lowest BCUT2D eigenvalue weighted by molar-refractivity contribution is -0.237. The number of ether oxygens (including phenoxy) is 1. The Hall–Kier alpha value is -2.56. The quantitative estimate of drug-likeness (QED) is 0.104. The first-order valence-electron chi connectivity index (χ1n) is 11.1. The highest BCUT2D eigenvalue weighted by atomic mass is 32.2. The maximum absolute atomic E-state index is 13.4. The third-order valence-electron chi connectivity index (χ3n) is 5.03. The maximum Gasteiger partial charge on any atom is 0.464 e. The van der Waals surface area contributed by atoms with Crippen molar-refractivity contribution >= 4 is 59.9 Å². The predicted octanol–water partition coefficient (Wildman–Crippen LogP) is 7.84. The number of alkyl halides is 5. The molecule has 8 nitrogen and oxygen atoms in total. The summed E-state index contributed by atoms with van der Waals surface area (Å²) < 4.78 is 104. The standard InChI is InChI=1S/C22H23F5N4O4S3/c1-4-8-31(9-5-2)16-12-19(38(32,33)34)15(11-17(16)35-3)29-30-20-28-14-7-6-13(10-18(14)36-20)37-22(26,27)21(23,24)25/h6-7,10-12H,4-5,8-9H2,1-3H3,(H,32,33,34). The zero-order chi connectivity index (χ0) is 28.3. The van der Waals surface area contributed by atoms with Gasteiger partial charge in [0.2, 0.25) is 5.13 Å². The highest BCUT2D eigenvalue weighted by molar-refractivity contribution is 8.00. The number of rotatable bonds is 11. The Bertz CT molecular complexity index is 1420. The molecule has 16 heteroatoms. The second-order valence-electron chi connectivity index (χ2n) is 7.90. The molecular formula is C22H23F5N4O4S3. The summed E-state index contributed by atoms with van der Waals surface area (Å²) >= 11 is 0.207. The minimum absolute atomic E-state index is 0.0207. The third kappa shape index (κ3) is 6.90. The van der Waals surface area contributed by atoms with Crippen molar-refractivity contribution in [1.82, 2.24) is 4.98 Å². The number of thiazole rings is 1. The SMILES string of the molecule is CCCN(CCC)c1cc(S(=O)(=O)O)c(N=Nc2nc3ccc(SC(F)(F)C(F)(F)F)cc3s2)cc1OC. The van der Waals surface area contributed by atoms with E-state index in [0.29, 0.717) is 24.5 Å². The lowest BCUT2D eigenvalue weighted by Crippen LogP contribution is -2.32. The summed E-state index contributed by atoms with van der Waals surface area (Å²) in [5.41, 5.74) is 0.478. The van der Waals surface area contributed by atoms with Gasteiger partial charge in [0.1, 0.15) is 16.3 Å². The number of thioether (sulfide) groups is 1. The van der Waals surface area contributed by atoms with Gasteiger partial charge in [0.15, 0.2) is 0 Å². The van der Waals surface area contributed by atoms with Gasteiger partial charge in [-0.3, -0.25) is 4.55 Å². The van der Waals surface area contributed by atoms with Crippen LogP contribution < -0.4 is 9.64 Å². The Kier molecular flexibility index (Phi) is 9.21. The Morgan fingerprint density at radius 3 is 2.29 bits per heavy atom. The van der Waals surface area contributed by atoms with E-state index in [0.717, 1.165) is 36.3 Å². The van der Waals surface area contributed by atoms with Gasteiger partial charge in [-0.25, -0.2) is 4.98 Å². The van der Waals surface area contributed by atoms with E-state index in [9.17, 15) is 34.9 Å². The highest BCUT2D eigenvalue weighted by Crippen LogP contribution is 2.48. The maximum atomic E-state index is 13.4. The molecule has 0 radical (unpaired) electrons. The topological polar surface area (TPSA) is 104 Å². The first-order chi connectivity index (χ1) is 17.7. The van der Waals surface area contributed by atoms with Crippen molar-refractivity contribution in [3.63, 3.8) is 0 Å². The number of anilines is 1. The number of fused-ring (bicyclic) bond motifs is 1. The van der Waals surface area contributed by atoms with E-state index in [1.807, 2.05) is 18.7 Å². The lowest BCUT2D eigenvalue weighted by Gasteiger charge is -2.26. The molecular weight excluding hydrogens is 575 g/mol. The average Bonchev–Trinajstić information content (AvgIpc) is 3.22. The zero-order valence-corrected chi connectivity index (χ0v) is 22.7. The van der Waals surface area contributed by atoms with Crippen LogP contribution in [0.1, 0.15) is 26.7 Å². The summed E-state index contributed by atoms with van der Waals surface area (Å²) in [7, 11) is -3.33. The van der Waals surface area contributed by atoms with E-state index in [2.05, 4.69) is 15.2 Å². The fourth-order valence-electron chi connectivity index (χ4n) is 3.43. The van der Waals surface area contributed by atoms with Gasteiger partial charge >= 0.3 is 11.4 Å². The largest absolute Gasteiger partial charge is 0.495 e. The molecule has 1 heterocycles. The van der Waals surface area contributed by atoms with Crippen LogP contribution in [0, 0.1) is 0 Å². The number of hydrogen-bond donors (Lipinski definition) is 1. The smallest absolute Gasteiger partial charge is 0.464 e. The molecule has 3 rings (SSSR count). The number of azo groups is 1. The van der Waals surface area contributed by atoms with Gasteiger partial charge < -0.3 is 9.64 Å². The Morgan fingerprint density at radius 1 is 1.08 bits per heavy atom. The van der Waals surface area contributed by atoms with Crippen LogP contribution in [-0.2, 0) is 10.1 Å². The van der Waals surface area contributed by atoms with E-state index >= 15 is 0 Å². The summed E-state index contributed by atoms with van der Waals surface area (Å²) in [5.74, 6) is 0.296. The van der Waals surface area contributed by atoms with E-state index in [1.54, 1.807) is 0 Å². The van der Waals surface area contributed by atoms with Gasteiger partial charge in [0, 0.05) is 24.1 Å². The fraction of sp³-hybridized carbons (Fsp3) is 0.409. The summed E-state index contributed by atoms with van der Waals surface area (Å²) in [5, 5.41) is 2.82. The van der Waals surface area contributed by atoms with E-state index < -0.39 is 38.2 Å². The monoisotopic (exact) mass is 598 g/mol. The molecule has 1 N–H and O–H groups in total.